The number of aromatic carboxylic acids is 1. The zero-order valence-electron chi connectivity index (χ0n) is 20.4. The molecule has 5 aromatic rings. The number of nitrogens with one attached hydrogen (secondary N) is 2. The van der Waals surface area contributed by atoms with E-state index in [1.165, 1.54) is 0 Å². The topological polar surface area (TPSA) is 107 Å². The van der Waals surface area contributed by atoms with Crippen LogP contribution in [0, 0.1) is 6.92 Å². The Morgan fingerprint density at radius 3 is 2.58 bits per heavy atom. The van der Waals surface area contributed by atoms with Crippen LogP contribution in [-0.2, 0) is 0 Å². The van der Waals surface area contributed by atoms with Crippen molar-refractivity contribution in [3.63, 3.8) is 0 Å². The standard InChI is InChI=1S/C28H27N5O3/c1-17-4-5-19(16-23(17)28(34)35)24-25(21-10-12-29-27-22(21)11-13-30-27)32-26(31-24)18-6-8-20(9-7-18)36-15-14-33(2)3/h4-13,16H,14-15H2,1-3H3,(H,29,30)(H,31,32)(H,34,35). The van der Waals surface area contributed by atoms with E-state index in [0.717, 1.165) is 45.7 Å². The number of hydrogen-bond acceptors (Lipinski definition) is 5. The van der Waals surface area contributed by atoms with Gasteiger partial charge in [0.15, 0.2) is 0 Å². The SMILES string of the molecule is Cc1ccc(-c2nc(-c3ccc(OCCN(C)C)cc3)[nH]c2-c2ccnc3[nH]ccc23)cc1C(=O)O. The molecule has 0 aliphatic carbocycles. The number of likely N-dealkylation sites (N-methyl/N-ethyl adjacent to an activating group) is 1. The van der Waals surface area contributed by atoms with Crippen LogP contribution >= 0.6 is 0 Å². The molecule has 3 aromatic heterocycles. The number of aryl methyl sites for hydroxylation is 1. The van der Waals surface area contributed by atoms with Crippen LogP contribution in [-0.4, -0.2) is 63.2 Å². The maximum Gasteiger partial charge on any atom is 0.335 e. The van der Waals surface area contributed by atoms with Crippen LogP contribution in [0.4, 0.5) is 0 Å². The molecule has 0 amide bonds. The van der Waals surface area contributed by atoms with Gasteiger partial charge in [-0.05, 0) is 69.0 Å². The van der Waals surface area contributed by atoms with Gasteiger partial charge >= 0.3 is 5.97 Å². The number of carboxylic acids is 1. The van der Waals surface area contributed by atoms with Crippen molar-refractivity contribution in [1.29, 1.82) is 0 Å². The molecule has 3 heterocycles. The van der Waals surface area contributed by atoms with Gasteiger partial charge in [0.25, 0.3) is 0 Å². The first-order valence-corrected chi connectivity index (χ1v) is 11.7. The predicted octanol–water partition coefficient (Wildman–Crippen LogP) is 5.23. The minimum Gasteiger partial charge on any atom is -0.492 e. The van der Waals surface area contributed by atoms with Crippen molar-refractivity contribution < 1.29 is 14.6 Å². The Bertz CT molecular complexity index is 1530. The monoisotopic (exact) mass is 481 g/mol. The van der Waals surface area contributed by atoms with E-state index in [-0.39, 0.29) is 5.56 Å². The van der Waals surface area contributed by atoms with Crippen molar-refractivity contribution in [1.82, 2.24) is 24.8 Å². The number of hydrogen-bond donors (Lipinski definition) is 3. The Morgan fingerprint density at radius 2 is 1.83 bits per heavy atom. The predicted molar refractivity (Wildman–Crippen MR) is 140 cm³/mol. The van der Waals surface area contributed by atoms with E-state index in [1.807, 2.05) is 68.8 Å². The number of imidazole rings is 1. The molecule has 0 atom stereocenters. The van der Waals surface area contributed by atoms with Crippen molar-refractivity contribution in [3.8, 4) is 39.7 Å². The van der Waals surface area contributed by atoms with E-state index < -0.39 is 5.97 Å². The molecule has 8 heteroatoms. The Hall–Kier alpha value is -4.43. The maximum atomic E-state index is 11.8. The molecule has 3 N–H and O–H groups in total. The number of carboxylic acid groups (broad SMARTS) is 1. The van der Waals surface area contributed by atoms with E-state index in [1.54, 1.807) is 19.2 Å². The van der Waals surface area contributed by atoms with E-state index in [2.05, 4.69) is 19.9 Å². The summed E-state index contributed by atoms with van der Waals surface area (Å²) in [5.41, 5.74) is 5.73. The van der Waals surface area contributed by atoms with Crippen molar-refractivity contribution in [3.05, 3.63) is 78.1 Å². The molecule has 0 aliphatic rings. The highest BCUT2D eigenvalue weighted by atomic mass is 16.5. The Morgan fingerprint density at radius 1 is 1.06 bits per heavy atom. The quantitative estimate of drug-likeness (QED) is 0.280. The van der Waals surface area contributed by atoms with Gasteiger partial charge in [0.05, 0.1) is 17.0 Å². The zero-order chi connectivity index (χ0) is 25.2. The molecule has 0 radical (unpaired) electrons. The van der Waals surface area contributed by atoms with E-state index in [0.29, 0.717) is 23.7 Å². The highest BCUT2D eigenvalue weighted by Gasteiger charge is 2.19. The first-order valence-electron chi connectivity index (χ1n) is 11.7. The molecule has 0 bridgehead atoms. The number of ether oxygens (including phenoxy) is 1. The highest BCUT2D eigenvalue weighted by Crippen LogP contribution is 2.37. The van der Waals surface area contributed by atoms with E-state index >= 15 is 0 Å². The largest absolute Gasteiger partial charge is 0.492 e. The molecular formula is C28H27N5O3. The summed E-state index contributed by atoms with van der Waals surface area (Å²) in [6.45, 7) is 3.23. The van der Waals surface area contributed by atoms with Crippen LogP contribution in [0.5, 0.6) is 5.75 Å². The molecule has 2 aromatic carbocycles. The van der Waals surface area contributed by atoms with Gasteiger partial charge in [0.1, 0.15) is 23.8 Å². The van der Waals surface area contributed by atoms with Crippen molar-refractivity contribution in [2.75, 3.05) is 27.2 Å². The lowest BCUT2D eigenvalue weighted by Gasteiger charge is -2.11. The van der Waals surface area contributed by atoms with Gasteiger partial charge in [-0.2, -0.15) is 0 Å². The summed E-state index contributed by atoms with van der Waals surface area (Å²) in [6.07, 6.45) is 3.59. The minimum atomic E-state index is -0.964. The van der Waals surface area contributed by atoms with Gasteiger partial charge < -0.3 is 24.7 Å². The Labute approximate surface area is 208 Å². The third-order valence-corrected chi connectivity index (χ3v) is 6.11. The number of aromatic amines is 2. The van der Waals surface area contributed by atoms with Gasteiger partial charge in [-0.3, -0.25) is 0 Å². The van der Waals surface area contributed by atoms with Crippen LogP contribution in [0.1, 0.15) is 15.9 Å². The summed E-state index contributed by atoms with van der Waals surface area (Å²) in [5.74, 6) is 0.506. The molecule has 0 unspecified atom stereocenters. The maximum absolute atomic E-state index is 11.8. The number of rotatable bonds is 8. The normalized spacial score (nSPS) is 11.3. The Balaban J connectivity index is 1.59. The lowest BCUT2D eigenvalue weighted by Crippen LogP contribution is -2.19. The highest BCUT2D eigenvalue weighted by molar-refractivity contribution is 5.97. The molecule has 0 saturated heterocycles. The lowest BCUT2D eigenvalue weighted by atomic mass is 9.99. The average Bonchev–Trinajstić information content (AvgIpc) is 3.52. The summed E-state index contributed by atoms with van der Waals surface area (Å²) in [7, 11) is 4.02. The fraction of sp³-hybridized carbons (Fsp3) is 0.179. The molecular weight excluding hydrogens is 454 g/mol. The van der Waals surface area contributed by atoms with Crippen molar-refractivity contribution >= 4 is 17.0 Å². The fourth-order valence-electron chi connectivity index (χ4n) is 4.15. The molecule has 182 valence electrons. The molecule has 8 nitrogen and oxygen atoms in total. The molecule has 36 heavy (non-hydrogen) atoms. The van der Waals surface area contributed by atoms with Crippen LogP contribution in [0.3, 0.4) is 0 Å². The van der Waals surface area contributed by atoms with Gasteiger partial charge in [-0.1, -0.05) is 12.1 Å². The van der Waals surface area contributed by atoms with Crippen LogP contribution in [0.15, 0.2) is 67.0 Å². The Kier molecular flexibility index (Phi) is 6.26. The van der Waals surface area contributed by atoms with E-state index in [4.69, 9.17) is 9.72 Å². The number of fused-ring (bicyclic) bond motifs is 1. The second-order valence-electron chi connectivity index (χ2n) is 8.92. The minimum absolute atomic E-state index is 0.253. The first kappa shape index (κ1) is 23.3. The lowest BCUT2D eigenvalue weighted by molar-refractivity contribution is 0.0696. The second-order valence-corrected chi connectivity index (χ2v) is 8.92. The summed E-state index contributed by atoms with van der Waals surface area (Å²) >= 11 is 0. The van der Waals surface area contributed by atoms with Gasteiger partial charge in [-0.15, -0.1) is 0 Å². The van der Waals surface area contributed by atoms with E-state index in [9.17, 15) is 9.90 Å². The summed E-state index contributed by atoms with van der Waals surface area (Å²) in [5, 5.41) is 10.6. The number of nitrogens with zero attached hydrogens (tertiary/aromatic N) is 3. The van der Waals surface area contributed by atoms with Crippen molar-refractivity contribution in [2.45, 2.75) is 6.92 Å². The number of pyridine rings is 1. The van der Waals surface area contributed by atoms with Gasteiger partial charge in [0, 0.05) is 41.0 Å². The second kappa shape index (κ2) is 9.67. The third-order valence-electron chi connectivity index (χ3n) is 6.11. The number of benzene rings is 2. The number of aromatic nitrogens is 4. The summed E-state index contributed by atoms with van der Waals surface area (Å²) in [4.78, 5) is 29.9. The van der Waals surface area contributed by atoms with Gasteiger partial charge in [-0.25, -0.2) is 14.8 Å². The van der Waals surface area contributed by atoms with Crippen LogP contribution in [0.25, 0.3) is 44.9 Å². The molecule has 0 aliphatic heterocycles. The third kappa shape index (κ3) is 4.58. The average molecular weight is 482 g/mol. The van der Waals surface area contributed by atoms with Crippen LogP contribution < -0.4 is 4.74 Å². The number of carbonyl (C=O) groups is 1. The molecule has 0 fully saturated rings. The summed E-state index contributed by atoms with van der Waals surface area (Å²) < 4.78 is 5.82. The van der Waals surface area contributed by atoms with Gasteiger partial charge in [0.2, 0.25) is 0 Å². The van der Waals surface area contributed by atoms with Crippen LogP contribution in [0.2, 0.25) is 0 Å². The summed E-state index contributed by atoms with van der Waals surface area (Å²) in [6, 6.07) is 17.1. The molecule has 5 rings (SSSR count). The number of H-pyrrole nitrogens is 2. The molecule has 0 spiro atoms. The van der Waals surface area contributed by atoms with Crippen molar-refractivity contribution in [2.24, 2.45) is 0 Å². The first-order chi connectivity index (χ1) is 17.4. The fourth-order valence-corrected chi connectivity index (χ4v) is 4.15. The molecule has 0 saturated carbocycles. The zero-order valence-corrected chi connectivity index (χ0v) is 20.4. The smallest absolute Gasteiger partial charge is 0.335 e.